The summed E-state index contributed by atoms with van der Waals surface area (Å²) in [4.78, 5) is 11.4. The first-order chi connectivity index (χ1) is 7.15. The Morgan fingerprint density at radius 1 is 1.67 bits per heavy atom. The van der Waals surface area contributed by atoms with Crippen LogP contribution < -0.4 is 11.1 Å². The van der Waals surface area contributed by atoms with Crippen molar-refractivity contribution in [3.05, 3.63) is 0 Å². The van der Waals surface area contributed by atoms with Crippen molar-refractivity contribution in [1.82, 2.24) is 5.32 Å². The van der Waals surface area contributed by atoms with Gasteiger partial charge < -0.3 is 16.3 Å². The molecule has 1 amide bonds. The molecular formula is C9H17N3O2S. The lowest BCUT2D eigenvalue weighted by Crippen LogP contribution is -2.35. The lowest BCUT2D eigenvalue weighted by atomic mass is 10.2. The lowest BCUT2D eigenvalue weighted by molar-refractivity contribution is -0.120. The van der Waals surface area contributed by atoms with Gasteiger partial charge in [-0.3, -0.25) is 4.79 Å². The zero-order valence-electron chi connectivity index (χ0n) is 8.77. The fourth-order valence-electron chi connectivity index (χ4n) is 1.76. The molecular weight excluding hydrogens is 214 g/mol. The van der Waals surface area contributed by atoms with Crippen molar-refractivity contribution in [3.63, 3.8) is 0 Å². The van der Waals surface area contributed by atoms with Gasteiger partial charge in [0.05, 0.1) is 6.42 Å². The zero-order chi connectivity index (χ0) is 11.3. The Hall–Kier alpha value is -0.910. The summed E-state index contributed by atoms with van der Waals surface area (Å²) in [6.45, 7) is 0. The number of hydrogen-bond donors (Lipinski definition) is 3. The van der Waals surface area contributed by atoms with E-state index in [1.807, 2.05) is 11.8 Å². The van der Waals surface area contributed by atoms with E-state index in [0.29, 0.717) is 5.25 Å². The number of hydrogen-bond acceptors (Lipinski definition) is 4. The highest BCUT2D eigenvalue weighted by atomic mass is 32.2. The molecule has 1 aliphatic rings. The van der Waals surface area contributed by atoms with Crippen molar-refractivity contribution in [3.8, 4) is 0 Å². The number of carbonyl (C=O) groups excluding carboxylic acids is 1. The minimum absolute atomic E-state index is 0.0308. The molecule has 0 heterocycles. The summed E-state index contributed by atoms with van der Waals surface area (Å²) < 4.78 is 0. The number of oxime groups is 1. The Kier molecular flexibility index (Phi) is 4.74. The van der Waals surface area contributed by atoms with Gasteiger partial charge in [0.1, 0.15) is 5.84 Å². The molecule has 0 spiro atoms. The minimum atomic E-state index is -0.169. The van der Waals surface area contributed by atoms with Crippen LogP contribution in [-0.2, 0) is 4.79 Å². The van der Waals surface area contributed by atoms with E-state index in [1.54, 1.807) is 0 Å². The van der Waals surface area contributed by atoms with Crippen LogP contribution in [0.5, 0.6) is 0 Å². The molecule has 5 nitrogen and oxygen atoms in total. The smallest absolute Gasteiger partial charge is 0.227 e. The van der Waals surface area contributed by atoms with E-state index >= 15 is 0 Å². The maximum atomic E-state index is 11.4. The van der Waals surface area contributed by atoms with E-state index in [1.165, 1.54) is 0 Å². The van der Waals surface area contributed by atoms with Crippen molar-refractivity contribution in [1.29, 1.82) is 0 Å². The molecule has 0 aliphatic heterocycles. The zero-order valence-corrected chi connectivity index (χ0v) is 9.59. The monoisotopic (exact) mass is 231 g/mol. The summed E-state index contributed by atoms with van der Waals surface area (Å²) >= 11 is 1.84. The van der Waals surface area contributed by atoms with Crippen LogP contribution in [0.2, 0.25) is 0 Å². The normalized spacial score (nSPS) is 26.6. The van der Waals surface area contributed by atoms with Gasteiger partial charge in [0.2, 0.25) is 5.91 Å². The summed E-state index contributed by atoms with van der Waals surface area (Å²) in [5, 5.41) is 14.6. The van der Waals surface area contributed by atoms with Gasteiger partial charge in [0.15, 0.2) is 0 Å². The molecule has 1 fully saturated rings. The molecule has 4 N–H and O–H groups in total. The van der Waals surface area contributed by atoms with E-state index in [2.05, 4.69) is 16.7 Å². The highest BCUT2D eigenvalue weighted by Gasteiger charge is 2.25. The van der Waals surface area contributed by atoms with Crippen molar-refractivity contribution in [2.45, 2.75) is 37.0 Å². The lowest BCUT2D eigenvalue weighted by Gasteiger charge is -2.12. The molecule has 0 aromatic heterocycles. The third-order valence-electron chi connectivity index (χ3n) is 2.55. The molecule has 1 rings (SSSR count). The molecule has 2 unspecified atom stereocenters. The molecule has 86 valence electrons. The van der Waals surface area contributed by atoms with E-state index in [-0.39, 0.29) is 24.2 Å². The SMILES string of the molecule is CSC1CCC(NC(=O)CC(N)=NO)C1. The second-order valence-corrected chi connectivity index (χ2v) is 4.84. The van der Waals surface area contributed by atoms with Crippen molar-refractivity contribution in [2.24, 2.45) is 10.9 Å². The molecule has 6 heteroatoms. The molecule has 2 atom stereocenters. The van der Waals surface area contributed by atoms with Crippen LogP contribution in [0.15, 0.2) is 5.16 Å². The summed E-state index contributed by atoms with van der Waals surface area (Å²) in [5.74, 6) is -0.219. The average Bonchev–Trinajstić information content (AvgIpc) is 2.65. The molecule has 0 aromatic rings. The van der Waals surface area contributed by atoms with E-state index in [9.17, 15) is 4.79 Å². The van der Waals surface area contributed by atoms with E-state index < -0.39 is 0 Å². The van der Waals surface area contributed by atoms with Gasteiger partial charge >= 0.3 is 0 Å². The summed E-state index contributed by atoms with van der Waals surface area (Å²) in [5.41, 5.74) is 5.24. The summed E-state index contributed by atoms with van der Waals surface area (Å²) in [6.07, 6.45) is 5.24. The molecule has 0 radical (unpaired) electrons. The van der Waals surface area contributed by atoms with Crippen molar-refractivity contribution in [2.75, 3.05) is 6.26 Å². The maximum absolute atomic E-state index is 11.4. The standard InChI is InChI=1S/C9H17N3O2S/c1-15-7-3-2-6(4-7)11-9(13)5-8(10)12-14/h6-7,14H,2-5H2,1H3,(H2,10,12)(H,11,13). The first-order valence-electron chi connectivity index (χ1n) is 4.94. The van der Waals surface area contributed by atoms with Crippen LogP contribution in [0.25, 0.3) is 0 Å². The molecule has 1 aliphatic carbocycles. The number of rotatable bonds is 4. The van der Waals surface area contributed by atoms with Crippen LogP contribution in [0, 0.1) is 0 Å². The summed E-state index contributed by atoms with van der Waals surface area (Å²) in [7, 11) is 0. The van der Waals surface area contributed by atoms with Crippen LogP contribution >= 0.6 is 11.8 Å². The Bertz CT molecular complexity index is 258. The summed E-state index contributed by atoms with van der Waals surface area (Å²) in [6, 6.07) is 0.251. The number of amidine groups is 1. The highest BCUT2D eigenvalue weighted by Crippen LogP contribution is 2.28. The van der Waals surface area contributed by atoms with Crippen LogP contribution in [0.1, 0.15) is 25.7 Å². The first kappa shape index (κ1) is 12.2. The first-order valence-corrected chi connectivity index (χ1v) is 6.23. The Morgan fingerprint density at radius 2 is 2.40 bits per heavy atom. The van der Waals surface area contributed by atoms with Crippen molar-refractivity contribution >= 4 is 23.5 Å². The predicted molar refractivity (Wildman–Crippen MR) is 61.1 cm³/mol. The predicted octanol–water partition coefficient (Wildman–Crippen LogP) is 0.523. The highest BCUT2D eigenvalue weighted by molar-refractivity contribution is 7.99. The number of nitrogens with two attached hydrogens (primary N) is 1. The molecule has 15 heavy (non-hydrogen) atoms. The van der Waals surface area contributed by atoms with Gasteiger partial charge in [-0.05, 0) is 25.5 Å². The van der Waals surface area contributed by atoms with Gasteiger partial charge in [-0.15, -0.1) is 0 Å². The van der Waals surface area contributed by atoms with Gasteiger partial charge in [0.25, 0.3) is 0 Å². The number of nitrogens with one attached hydrogen (secondary N) is 1. The minimum Gasteiger partial charge on any atom is -0.409 e. The fourth-order valence-corrected chi connectivity index (χ4v) is 2.56. The topological polar surface area (TPSA) is 87.7 Å². The van der Waals surface area contributed by atoms with Gasteiger partial charge in [-0.2, -0.15) is 11.8 Å². The Morgan fingerprint density at radius 3 is 2.93 bits per heavy atom. The molecule has 0 aromatic carbocycles. The molecule has 0 saturated heterocycles. The third kappa shape index (κ3) is 3.99. The third-order valence-corrected chi connectivity index (χ3v) is 3.65. The number of carbonyl (C=O) groups is 1. The van der Waals surface area contributed by atoms with Gasteiger partial charge in [-0.1, -0.05) is 5.16 Å². The fraction of sp³-hybridized carbons (Fsp3) is 0.778. The van der Waals surface area contributed by atoms with E-state index in [4.69, 9.17) is 10.9 Å². The number of amides is 1. The number of thioether (sulfide) groups is 1. The Balaban J connectivity index is 2.27. The van der Waals surface area contributed by atoms with Gasteiger partial charge in [-0.25, -0.2) is 0 Å². The van der Waals surface area contributed by atoms with Gasteiger partial charge in [0, 0.05) is 11.3 Å². The second-order valence-electron chi connectivity index (χ2n) is 3.70. The average molecular weight is 231 g/mol. The molecule has 1 saturated carbocycles. The Labute approximate surface area is 93.5 Å². The van der Waals surface area contributed by atoms with Crippen LogP contribution in [0.4, 0.5) is 0 Å². The van der Waals surface area contributed by atoms with Crippen molar-refractivity contribution < 1.29 is 10.0 Å². The van der Waals surface area contributed by atoms with E-state index in [0.717, 1.165) is 19.3 Å². The largest absolute Gasteiger partial charge is 0.409 e. The van der Waals surface area contributed by atoms with Crippen LogP contribution in [-0.4, -0.2) is 34.5 Å². The maximum Gasteiger partial charge on any atom is 0.227 e. The quantitative estimate of drug-likeness (QED) is 0.285. The molecule has 0 bridgehead atoms. The number of nitrogens with zero attached hydrogens (tertiary/aromatic N) is 1. The van der Waals surface area contributed by atoms with Crippen LogP contribution in [0.3, 0.4) is 0 Å². The second kappa shape index (κ2) is 5.85.